The molecule has 0 bridgehead atoms. The summed E-state index contributed by atoms with van der Waals surface area (Å²) in [6.45, 7) is 22.6. The molecule has 0 amide bonds. The second-order valence-corrected chi connectivity index (χ2v) is 16.5. The summed E-state index contributed by atoms with van der Waals surface area (Å²) in [6.07, 6.45) is 11.0. The van der Waals surface area contributed by atoms with Gasteiger partial charge in [-0.1, -0.05) is 65.3 Å². The van der Waals surface area contributed by atoms with E-state index in [1.54, 1.807) is 0 Å². The van der Waals surface area contributed by atoms with E-state index in [-0.39, 0.29) is 35.6 Å². The fraction of sp³-hybridized carbons (Fsp3) is 0.356. The molecule has 0 fully saturated rings. The van der Waals surface area contributed by atoms with Gasteiger partial charge in [0.05, 0.1) is 0 Å². The SMILES string of the molecule is CC(C)(C)c1[c-]c2c(cc1)-c1ccc(C(C)(C)C)cc1C2.CC(C)c1ccc([C](=[Zr+2])c2ccc(C(C)C)cc2)cc1.[C-]1=CC=CC1.[Cl-].[Cl-]. The Labute approximate surface area is 319 Å². The second kappa shape index (κ2) is 18.1. The summed E-state index contributed by atoms with van der Waals surface area (Å²) in [5.74, 6) is 1.20. The molecule has 0 heterocycles. The van der Waals surface area contributed by atoms with Crippen molar-refractivity contribution in [3.8, 4) is 11.1 Å². The number of fused-ring (bicyclic) bond motifs is 3. The van der Waals surface area contributed by atoms with E-state index in [1.807, 2.05) is 12.2 Å². The van der Waals surface area contributed by atoms with Gasteiger partial charge >= 0.3 is 138 Å². The van der Waals surface area contributed by atoms with Crippen LogP contribution in [-0.4, -0.2) is 3.21 Å². The molecule has 0 unspecified atom stereocenters. The first kappa shape index (κ1) is 41.9. The topological polar surface area (TPSA) is 0 Å². The second-order valence-electron chi connectivity index (χ2n) is 15.2. The van der Waals surface area contributed by atoms with Crippen LogP contribution < -0.4 is 24.8 Å². The van der Waals surface area contributed by atoms with Crippen molar-refractivity contribution in [3.63, 3.8) is 0 Å². The summed E-state index contributed by atoms with van der Waals surface area (Å²) in [5.41, 5.74) is 14.2. The van der Waals surface area contributed by atoms with Gasteiger partial charge in [-0.05, 0) is 28.4 Å². The van der Waals surface area contributed by atoms with E-state index in [2.05, 4.69) is 166 Å². The molecule has 6 rings (SSSR count). The minimum Gasteiger partial charge on any atom is -1.00 e. The normalized spacial score (nSPS) is 12.6. The summed E-state index contributed by atoms with van der Waals surface area (Å²) >= 11 is 1.47. The standard InChI is InChI=1S/C21H25.C19H22.C5H5.2ClH.Zr/c1-20(2,3)16-7-9-18-14(12-16)11-15-13-17(21(4,5)6)8-10-19(15)18;1-14(2)18-9-5-16(6-10-18)13-17-7-11-19(12-8-17)15(3)4;1-2-4-5-3-1;;;/h7-10,12H,11H2,1-6H3;5-12,14-15H,1-4H3;1-3H,4H2;2*1H;/q-1;;-1;;;+2/p-2. The molecule has 48 heavy (non-hydrogen) atoms. The Bertz CT molecular complexity index is 1570. The molecule has 0 N–H and O–H groups in total. The maximum Gasteiger partial charge on any atom is -0.109 e. The Balaban J connectivity index is 0.000000281. The minimum atomic E-state index is 0. The van der Waals surface area contributed by atoms with Crippen molar-refractivity contribution in [1.29, 1.82) is 0 Å². The number of benzene rings is 4. The fourth-order valence-electron chi connectivity index (χ4n) is 5.60. The number of hydrogen-bond donors (Lipinski definition) is 0. The van der Waals surface area contributed by atoms with Crippen molar-refractivity contribution >= 4 is 3.21 Å². The third-order valence-corrected chi connectivity index (χ3v) is 10.2. The van der Waals surface area contributed by atoms with E-state index in [4.69, 9.17) is 0 Å². The van der Waals surface area contributed by atoms with Crippen LogP contribution in [0.2, 0.25) is 0 Å². The monoisotopic (exact) mass is 752 g/mol. The van der Waals surface area contributed by atoms with Crippen LogP contribution >= 0.6 is 0 Å². The van der Waals surface area contributed by atoms with Crippen LogP contribution in [0.4, 0.5) is 0 Å². The van der Waals surface area contributed by atoms with Gasteiger partial charge in [0.2, 0.25) is 0 Å². The van der Waals surface area contributed by atoms with Crippen LogP contribution in [0, 0.1) is 12.1 Å². The molecule has 0 radical (unpaired) electrons. The van der Waals surface area contributed by atoms with Gasteiger partial charge in [0, 0.05) is 0 Å². The number of allylic oxidation sites excluding steroid dienone is 4. The number of rotatable bonds is 4. The summed E-state index contributed by atoms with van der Waals surface area (Å²) in [7, 11) is 0. The van der Waals surface area contributed by atoms with Gasteiger partial charge in [-0.2, -0.15) is 29.8 Å². The van der Waals surface area contributed by atoms with Gasteiger partial charge in [-0.15, -0.1) is 17.5 Å². The van der Waals surface area contributed by atoms with Crippen molar-refractivity contribution in [2.45, 2.75) is 105 Å². The quantitative estimate of drug-likeness (QED) is 0.197. The number of hydrogen-bond acceptors (Lipinski definition) is 0. The minimum absolute atomic E-state index is 0. The van der Waals surface area contributed by atoms with Gasteiger partial charge < -0.3 is 24.8 Å². The van der Waals surface area contributed by atoms with Crippen LogP contribution in [0.5, 0.6) is 0 Å². The Hall–Kier alpha value is -2.31. The van der Waals surface area contributed by atoms with E-state index in [9.17, 15) is 0 Å². The maximum absolute atomic E-state index is 3.67. The van der Waals surface area contributed by atoms with E-state index >= 15 is 0 Å². The first-order valence-corrected chi connectivity index (χ1v) is 18.1. The predicted octanol–water partition coefficient (Wildman–Crippen LogP) is 6.02. The summed E-state index contributed by atoms with van der Waals surface area (Å²) in [6, 6.07) is 33.2. The molecule has 0 spiro atoms. The van der Waals surface area contributed by atoms with Gasteiger partial charge in [0.25, 0.3) is 0 Å². The molecule has 0 aromatic heterocycles. The van der Waals surface area contributed by atoms with Crippen LogP contribution in [0.25, 0.3) is 11.1 Å². The molecule has 0 atom stereocenters. The van der Waals surface area contributed by atoms with Gasteiger partial charge in [0.15, 0.2) is 0 Å². The van der Waals surface area contributed by atoms with Crippen LogP contribution in [0.3, 0.4) is 0 Å². The molecule has 2 aliphatic carbocycles. The van der Waals surface area contributed by atoms with Crippen molar-refractivity contribution in [2.24, 2.45) is 0 Å². The smallest absolute Gasteiger partial charge is 0.109 e. The molecular weight excluding hydrogens is 703 g/mol. The number of halogens is 2. The zero-order chi connectivity index (χ0) is 33.6. The van der Waals surface area contributed by atoms with Crippen LogP contribution in [-0.2, 0) is 41.5 Å². The van der Waals surface area contributed by atoms with E-state index in [1.165, 1.54) is 83.1 Å². The Morgan fingerprint density at radius 1 is 0.667 bits per heavy atom. The predicted molar refractivity (Wildman–Crippen MR) is 197 cm³/mol. The van der Waals surface area contributed by atoms with Crippen LogP contribution in [0.15, 0.2) is 97.1 Å². The van der Waals surface area contributed by atoms with Crippen molar-refractivity contribution in [2.75, 3.05) is 0 Å². The van der Waals surface area contributed by atoms with Crippen molar-refractivity contribution in [3.05, 3.63) is 154 Å². The van der Waals surface area contributed by atoms with E-state index in [0.717, 1.165) is 12.8 Å². The zero-order valence-corrected chi connectivity index (χ0v) is 34.5. The maximum atomic E-state index is 3.67. The molecule has 2 aliphatic rings. The zero-order valence-electron chi connectivity index (χ0n) is 30.6. The Morgan fingerprint density at radius 2 is 1.19 bits per heavy atom. The summed E-state index contributed by atoms with van der Waals surface area (Å²) in [4.78, 5) is 0. The molecule has 3 heteroatoms. The molecule has 0 aliphatic heterocycles. The first-order chi connectivity index (χ1) is 21.6. The van der Waals surface area contributed by atoms with E-state index < -0.39 is 0 Å². The van der Waals surface area contributed by atoms with Gasteiger partial charge in [-0.25, -0.2) is 12.2 Å². The van der Waals surface area contributed by atoms with Crippen molar-refractivity contribution < 1.29 is 49.0 Å². The van der Waals surface area contributed by atoms with Gasteiger partial charge in [0.1, 0.15) is 0 Å². The molecule has 0 saturated carbocycles. The Kier molecular flexibility index (Phi) is 15.8. The van der Waals surface area contributed by atoms with Crippen molar-refractivity contribution in [1.82, 2.24) is 0 Å². The molecule has 252 valence electrons. The summed E-state index contributed by atoms with van der Waals surface area (Å²) in [5, 5.41) is 0. The molecule has 0 saturated heterocycles. The Morgan fingerprint density at radius 3 is 1.58 bits per heavy atom. The van der Waals surface area contributed by atoms with Crippen LogP contribution in [0.1, 0.15) is 132 Å². The largest absolute Gasteiger partial charge is 1.00 e. The van der Waals surface area contributed by atoms with E-state index in [0.29, 0.717) is 11.8 Å². The molecule has 4 aromatic rings. The average molecular weight is 755 g/mol. The summed E-state index contributed by atoms with van der Waals surface area (Å²) < 4.78 is 1.43. The molecule has 4 aromatic carbocycles. The fourth-order valence-corrected chi connectivity index (χ4v) is 6.42. The third kappa shape index (κ3) is 11.1. The molecular formula is C45H52Cl2Zr-2. The average Bonchev–Trinajstić information content (AvgIpc) is 3.72. The molecule has 0 nitrogen and oxygen atoms in total. The first-order valence-electron chi connectivity index (χ1n) is 16.9. The van der Waals surface area contributed by atoms with Gasteiger partial charge in [-0.3, -0.25) is 6.08 Å². The third-order valence-electron chi connectivity index (χ3n) is 8.78.